The van der Waals surface area contributed by atoms with E-state index < -0.39 is 37.6 Å². The van der Waals surface area contributed by atoms with Gasteiger partial charge in [-0.25, -0.2) is 0 Å². The SMILES string of the molecule is CC(C)N(Cc1cccc(OS(=O)(=O)c2cccc(C(F)(F)F)c2)c1)C(=O)c1ccc([N+](=O)[O-])cc1Cl. The summed E-state index contributed by atoms with van der Waals surface area (Å²) in [6, 6.07) is 12.0. The van der Waals surface area contributed by atoms with Crippen molar-refractivity contribution in [2.45, 2.75) is 37.5 Å². The van der Waals surface area contributed by atoms with Crippen LogP contribution < -0.4 is 4.18 Å². The Kier molecular flexibility index (Phi) is 8.13. The molecule has 0 aliphatic rings. The molecule has 1 amide bonds. The highest BCUT2D eigenvalue weighted by atomic mass is 35.5. The molecule has 196 valence electrons. The Hall–Kier alpha value is -3.64. The van der Waals surface area contributed by atoms with Gasteiger partial charge in [-0.3, -0.25) is 14.9 Å². The molecule has 0 saturated heterocycles. The third kappa shape index (κ3) is 6.77. The maximum atomic E-state index is 13.2. The van der Waals surface area contributed by atoms with Crippen molar-refractivity contribution in [1.82, 2.24) is 4.90 Å². The minimum atomic E-state index is -4.73. The first-order valence-electron chi connectivity index (χ1n) is 10.6. The number of carbonyl (C=O) groups excluding carboxylic acids is 1. The van der Waals surface area contributed by atoms with Crippen LogP contribution in [0.4, 0.5) is 18.9 Å². The second-order valence-electron chi connectivity index (χ2n) is 8.16. The van der Waals surface area contributed by atoms with Crippen molar-refractivity contribution in [1.29, 1.82) is 0 Å². The highest BCUT2D eigenvalue weighted by Crippen LogP contribution is 2.31. The normalized spacial score (nSPS) is 11.9. The smallest absolute Gasteiger partial charge is 0.379 e. The fourth-order valence-electron chi connectivity index (χ4n) is 3.33. The zero-order valence-electron chi connectivity index (χ0n) is 19.4. The predicted octanol–water partition coefficient (Wildman–Crippen LogP) is 6.09. The van der Waals surface area contributed by atoms with Gasteiger partial charge >= 0.3 is 16.3 Å². The number of rotatable bonds is 8. The van der Waals surface area contributed by atoms with Crippen LogP contribution in [0.5, 0.6) is 5.75 Å². The molecule has 0 atom stereocenters. The standard InChI is InChI=1S/C24H20ClF3N2O6S/c1-15(2)29(23(31)21-10-9-18(30(32)33)13-22(21)25)14-16-5-3-7-19(11-16)36-37(34,35)20-8-4-6-17(12-20)24(26,27)28/h3-13,15H,14H2,1-2H3. The number of carbonyl (C=O) groups is 1. The van der Waals surface area contributed by atoms with Crippen molar-refractivity contribution < 1.29 is 35.5 Å². The second kappa shape index (κ2) is 10.8. The molecule has 0 saturated carbocycles. The minimum absolute atomic E-state index is 0.00930. The molecular formula is C24H20ClF3N2O6S. The first-order valence-corrected chi connectivity index (χ1v) is 12.4. The molecule has 13 heteroatoms. The quantitative estimate of drug-likeness (QED) is 0.189. The molecule has 3 aromatic rings. The highest BCUT2D eigenvalue weighted by molar-refractivity contribution is 7.87. The van der Waals surface area contributed by atoms with E-state index in [4.69, 9.17) is 15.8 Å². The maximum Gasteiger partial charge on any atom is 0.416 e. The lowest BCUT2D eigenvalue weighted by molar-refractivity contribution is -0.384. The molecule has 0 aromatic heterocycles. The number of alkyl halides is 3. The Morgan fingerprint density at radius 1 is 1.08 bits per heavy atom. The van der Waals surface area contributed by atoms with Gasteiger partial charge in [0.05, 0.1) is 21.1 Å². The summed E-state index contributed by atoms with van der Waals surface area (Å²) in [5, 5.41) is 10.8. The fraction of sp³-hybridized carbons (Fsp3) is 0.208. The third-order valence-electron chi connectivity index (χ3n) is 5.19. The van der Waals surface area contributed by atoms with Crippen molar-refractivity contribution >= 4 is 33.3 Å². The molecule has 37 heavy (non-hydrogen) atoms. The summed E-state index contributed by atoms with van der Waals surface area (Å²) in [7, 11) is -4.59. The van der Waals surface area contributed by atoms with Gasteiger partial charge in [0.2, 0.25) is 0 Å². The van der Waals surface area contributed by atoms with E-state index in [9.17, 15) is 36.5 Å². The lowest BCUT2D eigenvalue weighted by Gasteiger charge is -2.27. The molecule has 3 aromatic carbocycles. The average Bonchev–Trinajstić information content (AvgIpc) is 2.81. The van der Waals surface area contributed by atoms with Gasteiger partial charge in [0.25, 0.3) is 11.6 Å². The summed E-state index contributed by atoms with van der Waals surface area (Å²) >= 11 is 6.11. The number of benzene rings is 3. The van der Waals surface area contributed by atoms with E-state index in [2.05, 4.69) is 0 Å². The molecule has 0 radical (unpaired) electrons. The fourth-order valence-corrected chi connectivity index (χ4v) is 4.56. The van der Waals surface area contributed by atoms with E-state index in [0.29, 0.717) is 11.6 Å². The monoisotopic (exact) mass is 556 g/mol. The molecular weight excluding hydrogens is 537 g/mol. The van der Waals surface area contributed by atoms with Crippen LogP contribution in [0.2, 0.25) is 5.02 Å². The van der Waals surface area contributed by atoms with Crippen molar-refractivity contribution in [2.24, 2.45) is 0 Å². The lowest BCUT2D eigenvalue weighted by Crippen LogP contribution is -2.36. The Labute approximate surface area is 215 Å². The minimum Gasteiger partial charge on any atom is -0.379 e. The molecule has 0 fully saturated rings. The number of nitro benzene ring substituents is 1. The summed E-state index contributed by atoms with van der Waals surface area (Å²) in [6.07, 6.45) is -4.73. The van der Waals surface area contributed by atoms with E-state index in [1.165, 1.54) is 29.2 Å². The van der Waals surface area contributed by atoms with E-state index in [1.54, 1.807) is 19.9 Å². The van der Waals surface area contributed by atoms with Crippen LogP contribution in [0.1, 0.15) is 35.3 Å². The van der Waals surface area contributed by atoms with Gasteiger partial charge in [-0.2, -0.15) is 21.6 Å². The zero-order valence-corrected chi connectivity index (χ0v) is 21.0. The van der Waals surface area contributed by atoms with Crippen molar-refractivity contribution in [3.8, 4) is 5.75 Å². The largest absolute Gasteiger partial charge is 0.416 e. The van der Waals surface area contributed by atoms with Crippen LogP contribution in [0, 0.1) is 10.1 Å². The van der Waals surface area contributed by atoms with Crippen LogP contribution in [-0.4, -0.2) is 30.2 Å². The van der Waals surface area contributed by atoms with E-state index in [-0.39, 0.29) is 34.6 Å². The van der Waals surface area contributed by atoms with Gasteiger partial charge in [-0.1, -0.05) is 29.8 Å². The molecule has 3 rings (SSSR count). The average molecular weight is 557 g/mol. The summed E-state index contributed by atoms with van der Waals surface area (Å²) in [4.78, 5) is 24.2. The zero-order chi connectivity index (χ0) is 27.5. The lowest BCUT2D eigenvalue weighted by atomic mass is 10.1. The summed E-state index contributed by atoms with van der Waals surface area (Å²) in [5.41, 5.74) is -0.913. The molecule has 0 heterocycles. The Bertz CT molecular complexity index is 1440. The van der Waals surface area contributed by atoms with Gasteiger partial charge in [0, 0.05) is 24.7 Å². The summed E-state index contributed by atoms with van der Waals surface area (Å²) in [5.74, 6) is -0.683. The van der Waals surface area contributed by atoms with Crippen molar-refractivity contribution in [3.05, 3.63) is 98.6 Å². The second-order valence-corrected chi connectivity index (χ2v) is 10.1. The summed E-state index contributed by atoms with van der Waals surface area (Å²) < 4.78 is 69.2. The number of halogens is 4. The Morgan fingerprint density at radius 3 is 2.35 bits per heavy atom. The number of hydrogen-bond donors (Lipinski definition) is 0. The van der Waals surface area contributed by atoms with Crippen LogP contribution >= 0.6 is 11.6 Å². The van der Waals surface area contributed by atoms with E-state index >= 15 is 0 Å². The Balaban J connectivity index is 1.85. The number of non-ortho nitro benzene ring substituents is 1. The van der Waals surface area contributed by atoms with Crippen molar-refractivity contribution in [2.75, 3.05) is 0 Å². The van der Waals surface area contributed by atoms with Crippen LogP contribution in [0.3, 0.4) is 0 Å². The van der Waals surface area contributed by atoms with Gasteiger partial charge < -0.3 is 9.08 Å². The molecule has 0 N–H and O–H groups in total. The van der Waals surface area contributed by atoms with E-state index in [1.807, 2.05) is 0 Å². The highest BCUT2D eigenvalue weighted by Gasteiger charge is 2.32. The Morgan fingerprint density at radius 2 is 1.76 bits per heavy atom. The van der Waals surface area contributed by atoms with Gasteiger partial charge in [0.15, 0.2) is 0 Å². The van der Waals surface area contributed by atoms with Crippen molar-refractivity contribution in [3.63, 3.8) is 0 Å². The van der Waals surface area contributed by atoms with Crippen LogP contribution in [0.25, 0.3) is 0 Å². The molecule has 0 aliphatic heterocycles. The first-order chi connectivity index (χ1) is 17.2. The molecule has 0 spiro atoms. The van der Waals surface area contributed by atoms with Gasteiger partial charge in [-0.05, 0) is 55.8 Å². The summed E-state index contributed by atoms with van der Waals surface area (Å²) in [6.45, 7) is 3.45. The number of hydrogen-bond acceptors (Lipinski definition) is 6. The molecule has 8 nitrogen and oxygen atoms in total. The maximum absolute atomic E-state index is 13.2. The van der Waals surface area contributed by atoms with Crippen LogP contribution in [0.15, 0.2) is 71.6 Å². The number of nitrogens with zero attached hydrogens (tertiary/aromatic N) is 2. The molecule has 0 aliphatic carbocycles. The third-order valence-corrected chi connectivity index (χ3v) is 6.74. The predicted molar refractivity (Wildman–Crippen MR) is 129 cm³/mol. The number of amides is 1. The topological polar surface area (TPSA) is 107 Å². The van der Waals surface area contributed by atoms with Gasteiger partial charge in [-0.15, -0.1) is 0 Å². The molecule has 0 unspecified atom stereocenters. The number of nitro groups is 1. The van der Waals surface area contributed by atoms with Crippen LogP contribution in [-0.2, 0) is 22.8 Å². The van der Waals surface area contributed by atoms with E-state index in [0.717, 1.165) is 30.3 Å². The van der Waals surface area contributed by atoms with Gasteiger partial charge in [0.1, 0.15) is 10.6 Å². The first kappa shape index (κ1) is 27.9. The molecule has 0 bridgehead atoms.